The molecule has 2 aliphatic heterocycles. The molecule has 9 heteroatoms. The van der Waals surface area contributed by atoms with Crippen LogP contribution in [0.5, 0.6) is 17.2 Å². The van der Waals surface area contributed by atoms with Gasteiger partial charge in [0.25, 0.3) is 0 Å². The fourth-order valence-corrected chi connectivity index (χ4v) is 4.79. The van der Waals surface area contributed by atoms with Crippen molar-refractivity contribution in [2.75, 3.05) is 31.2 Å². The van der Waals surface area contributed by atoms with Crippen LogP contribution in [0, 0.1) is 0 Å². The number of anilines is 1. The van der Waals surface area contributed by atoms with Crippen LogP contribution < -0.4 is 19.7 Å². The summed E-state index contributed by atoms with van der Waals surface area (Å²) >= 11 is 0. The minimum absolute atomic E-state index is 0.375. The summed E-state index contributed by atoms with van der Waals surface area (Å²) in [6.45, 7) is 3.31. The molecule has 1 aliphatic carbocycles. The summed E-state index contributed by atoms with van der Waals surface area (Å²) in [7, 11) is 0. The molecule has 186 valence electrons. The molecule has 9 nitrogen and oxygen atoms in total. The molecule has 0 amide bonds. The molecule has 0 aromatic heterocycles. The Kier molecular flexibility index (Phi) is 7.77. The molecule has 2 heterocycles. The second kappa shape index (κ2) is 11.1. The highest BCUT2D eigenvalue weighted by atomic mass is 16.6. The number of hydrogen-bond acceptors (Lipinski definition) is 7. The highest BCUT2D eigenvalue weighted by Crippen LogP contribution is 2.40. The Balaban J connectivity index is 0.000000314. The van der Waals surface area contributed by atoms with E-state index in [2.05, 4.69) is 28.4 Å². The number of fused-ring (bicyclic) bond motifs is 2. The average Bonchev–Trinajstić information content (AvgIpc) is 3.24. The number of piperidine rings is 1. The third-order valence-electron chi connectivity index (χ3n) is 6.34. The number of ether oxygens (including phenoxy) is 2. The first-order valence-electron chi connectivity index (χ1n) is 11.7. The van der Waals surface area contributed by atoms with Gasteiger partial charge in [0, 0.05) is 37.3 Å². The van der Waals surface area contributed by atoms with Crippen molar-refractivity contribution in [1.82, 2.24) is 5.32 Å². The molecule has 1 atom stereocenters. The lowest BCUT2D eigenvalue weighted by atomic mass is 10.0. The van der Waals surface area contributed by atoms with E-state index < -0.39 is 11.9 Å². The zero-order valence-corrected chi connectivity index (χ0v) is 19.4. The van der Waals surface area contributed by atoms with E-state index in [4.69, 9.17) is 19.7 Å². The highest BCUT2D eigenvalue weighted by Gasteiger charge is 2.28. The van der Waals surface area contributed by atoms with Crippen LogP contribution in [0.2, 0.25) is 0 Å². The molecule has 3 aliphatic rings. The van der Waals surface area contributed by atoms with Crippen molar-refractivity contribution in [1.29, 1.82) is 0 Å². The second-order valence-corrected chi connectivity index (χ2v) is 8.80. The van der Waals surface area contributed by atoms with E-state index in [1.165, 1.54) is 11.1 Å². The van der Waals surface area contributed by atoms with Crippen LogP contribution in [0.4, 0.5) is 5.69 Å². The van der Waals surface area contributed by atoms with Gasteiger partial charge in [-0.2, -0.15) is 0 Å². The smallest absolute Gasteiger partial charge is 0.328 e. The number of rotatable bonds is 5. The molecular formula is C26H30N2O7. The summed E-state index contributed by atoms with van der Waals surface area (Å²) in [4.78, 5) is 21.5. The molecule has 2 aromatic rings. The number of para-hydroxylation sites is 1. The summed E-state index contributed by atoms with van der Waals surface area (Å²) in [5, 5.41) is 29.2. The van der Waals surface area contributed by atoms with E-state index in [0.717, 1.165) is 56.0 Å². The van der Waals surface area contributed by atoms with E-state index in [1.54, 1.807) is 6.07 Å². The normalized spacial score (nSPS) is 19.1. The van der Waals surface area contributed by atoms with Crippen molar-refractivity contribution in [3.05, 3.63) is 59.7 Å². The summed E-state index contributed by atoms with van der Waals surface area (Å²) in [5.74, 6) is -0.368. The maximum atomic E-state index is 9.68. The molecule has 35 heavy (non-hydrogen) atoms. The number of carbonyl (C=O) groups is 2. The monoisotopic (exact) mass is 482 g/mol. The number of aliphatic carboxylic acids is 2. The summed E-state index contributed by atoms with van der Waals surface area (Å²) in [5.41, 5.74) is 3.82. The third kappa shape index (κ3) is 6.45. The van der Waals surface area contributed by atoms with E-state index in [0.29, 0.717) is 43.2 Å². The molecule has 0 bridgehead atoms. The standard InChI is InChI=1S/C22H26N2O3.C4H4O4/c25-19-5-4-15-12-18(13-16(15)14-19)23-17-6-8-24(9-7-17)20-2-1-3-21-22(20)27-11-10-26-21;5-3(6)1-2-4(7)8/h1-5,14,17-18,23,25H,6-13H2;1-2H,(H,5,6)(H,7,8)/b;2-1+. The van der Waals surface area contributed by atoms with E-state index in [1.807, 2.05) is 12.1 Å². The van der Waals surface area contributed by atoms with Gasteiger partial charge in [0.2, 0.25) is 0 Å². The second-order valence-electron chi connectivity index (χ2n) is 8.80. The number of nitrogens with one attached hydrogen (secondary N) is 1. The van der Waals surface area contributed by atoms with Crippen LogP contribution in [0.1, 0.15) is 24.0 Å². The molecule has 0 radical (unpaired) electrons. The quantitative estimate of drug-likeness (QED) is 0.475. The SMILES string of the molecule is O=C(O)/C=C/C(=O)O.Oc1ccc2c(c1)CC(NC1CCN(c3cccc4c3OCCO4)CC1)C2. The summed E-state index contributed by atoms with van der Waals surface area (Å²) in [6.07, 6.45) is 5.45. The number of phenolic OH excluding ortho intramolecular Hbond substituents is 1. The minimum Gasteiger partial charge on any atom is -0.508 e. The number of carboxylic acid groups (broad SMARTS) is 2. The van der Waals surface area contributed by atoms with Gasteiger partial charge in [0.1, 0.15) is 19.0 Å². The van der Waals surface area contributed by atoms with Crippen molar-refractivity contribution in [2.45, 2.75) is 37.8 Å². The molecule has 0 saturated carbocycles. The Morgan fingerprint density at radius 2 is 1.60 bits per heavy atom. The maximum Gasteiger partial charge on any atom is 0.328 e. The molecule has 1 unspecified atom stereocenters. The van der Waals surface area contributed by atoms with Crippen molar-refractivity contribution in [3.63, 3.8) is 0 Å². The molecule has 4 N–H and O–H groups in total. The predicted molar refractivity (Wildman–Crippen MR) is 130 cm³/mol. The van der Waals surface area contributed by atoms with Gasteiger partial charge >= 0.3 is 11.9 Å². The lowest BCUT2D eigenvalue weighted by molar-refractivity contribution is -0.134. The number of aromatic hydroxyl groups is 1. The summed E-state index contributed by atoms with van der Waals surface area (Å²) < 4.78 is 11.6. The largest absolute Gasteiger partial charge is 0.508 e. The zero-order chi connectivity index (χ0) is 24.8. The molecule has 5 rings (SSSR count). The number of carboxylic acids is 2. The molecule has 1 saturated heterocycles. The first-order valence-corrected chi connectivity index (χ1v) is 11.7. The molecule has 0 spiro atoms. The number of benzene rings is 2. The van der Waals surface area contributed by atoms with Crippen molar-refractivity contribution >= 4 is 17.6 Å². The van der Waals surface area contributed by atoms with Crippen LogP contribution in [0.3, 0.4) is 0 Å². The van der Waals surface area contributed by atoms with Crippen LogP contribution in [0.15, 0.2) is 48.6 Å². The number of phenols is 1. The Bertz CT molecular complexity index is 1080. The van der Waals surface area contributed by atoms with Crippen LogP contribution in [-0.2, 0) is 22.4 Å². The van der Waals surface area contributed by atoms with Crippen molar-refractivity contribution < 1.29 is 34.4 Å². The van der Waals surface area contributed by atoms with E-state index >= 15 is 0 Å². The van der Waals surface area contributed by atoms with Gasteiger partial charge in [-0.05, 0) is 61.1 Å². The maximum absolute atomic E-state index is 9.68. The van der Waals surface area contributed by atoms with Crippen LogP contribution in [0.25, 0.3) is 0 Å². The Morgan fingerprint density at radius 1 is 0.914 bits per heavy atom. The van der Waals surface area contributed by atoms with Gasteiger partial charge in [-0.15, -0.1) is 0 Å². The first kappa shape index (κ1) is 24.4. The molecule has 1 fully saturated rings. The van der Waals surface area contributed by atoms with Crippen LogP contribution in [-0.4, -0.2) is 65.6 Å². The van der Waals surface area contributed by atoms with Gasteiger partial charge in [-0.25, -0.2) is 9.59 Å². The Morgan fingerprint density at radius 3 is 2.31 bits per heavy atom. The lowest BCUT2D eigenvalue weighted by Gasteiger charge is -2.36. The van der Waals surface area contributed by atoms with E-state index in [9.17, 15) is 14.7 Å². The minimum atomic E-state index is -1.26. The first-order chi connectivity index (χ1) is 16.9. The van der Waals surface area contributed by atoms with Gasteiger partial charge in [-0.1, -0.05) is 12.1 Å². The summed E-state index contributed by atoms with van der Waals surface area (Å²) in [6, 6.07) is 13.0. The lowest BCUT2D eigenvalue weighted by Crippen LogP contribution is -2.46. The predicted octanol–water partition coefficient (Wildman–Crippen LogP) is 2.60. The fraction of sp³-hybridized carbons (Fsp3) is 0.385. The zero-order valence-electron chi connectivity index (χ0n) is 19.4. The topological polar surface area (TPSA) is 129 Å². The Labute approximate surface area is 203 Å². The Hall–Kier alpha value is -3.72. The number of nitrogens with zero attached hydrogens (tertiary/aromatic N) is 1. The van der Waals surface area contributed by atoms with Gasteiger partial charge < -0.3 is 35.0 Å². The molecular weight excluding hydrogens is 452 g/mol. The van der Waals surface area contributed by atoms with Gasteiger partial charge in [0.15, 0.2) is 11.5 Å². The van der Waals surface area contributed by atoms with Gasteiger partial charge in [0.05, 0.1) is 5.69 Å². The molecule has 2 aromatic carbocycles. The third-order valence-corrected chi connectivity index (χ3v) is 6.34. The van der Waals surface area contributed by atoms with E-state index in [-0.39, 0.29) is 0 Å². The highest BCUT2D eigenvalue weighted by molar-refractivity contribution is 5.89. The van der Waals surface area contributed by atoms with Gasteiger partial charge in [-0.3, -0.25) is 0 Å². The van der Waals surface area contributed by atoms with Crippen LogP contribution >= 0.6 is 0 Å². The number of hydrogen-bond donors (Lipinski definition) is 4. The van der Waals surface area contributed by atoms with Crippen molar-refractivity contribution in [3.8, 4) is 17.2 Å². The fourth-order valence-electron chi connectivity index (χ4n) is 4.79. The van der Waals surface area contributed by atoms with Crippen molar-refractivity contribution in [2.24, 2.45) is 0 Å². The average molecular weight is 483 g/mol.